The molecule has 3 aromatic rings. The number of aromatic carboxylic acids is 1. The van der Waals surface area contributed by atoms with Gasteiger partial charge in [0.1, 0.15) is 0 Å². The van der Waals surface area contributed by atoms with E-state index in [2.05, 4.69) is 10.3 Å². The summed E-state index contributed by atoms with van der Waals surface area (Å²) in [6, 6.07) is 15.6. The van der Waals surface area contributed by atoms with E-state index in [0.717, 1.165) is 16.7 Å². The molecule has 1 aromatic heterocycles. The van der Waals surface area contributed by atoms with Crippen LogP contribution in [0.25, 0.3) is 11.1 Å². The molecule has 130 valence electrons. The summed E-state index contributed by atoms with van der Waals surface area (Å²) in [5.41, 5.74) is 2.89. The molecule has 0 unspecified atom stereocenters. The Hall–Kier alpha value is -3.18. The van der Waals surface area contributed by atoms with Gasteiger partial charge in [-0.05, 0) is 41.0 Å². The second kappa shape index (κ2) is 7.80. The van der Waals surface area contributed by atoms with Gasteiger partial charge in [0.2, 0.25) is 5.91 Å². The first-order valence-electron chi connectivity index (χ1n) is 7.85. The van der Waals surface area contributed by atoms with Gasteiger partial charge in [-0.1, -0.05) is 41.9 Å². The number of rotatable bonds is 5. The summed E-state index contributed by atoms with van der Waals surface area (Å²) in [6.07, 6.45) is 3.57. The van der Waals surface area contributed by atoms with Crippen molar-refractivity contribution in [1.29, 1.82) is 0 Å². The first-order valence-corrected chi connectivity index (χ1v) is 8.23. The Bertz CT molecular complexity index is 958. The predicted octanol–water partition coefficient (Wildman–Crippen LogP) is 4.28. The van der Waals surface area contributed by atoms with Gasteiger partial charge in [0.25, 0.3) is 0 Å². The number of amides is 1. The van der Waals surface area contributed by atoms with E-state index in [1.807, 2.05) is 36.4 Å². The van der Waals surface area contributed by atoms with E-state index < -0.39 is 5.97 Å². The molecule has 0 aliphatic heterocycles. The summed E-state index contributed by atoms with van der Waals surface area (Å²) in [7, 11) is 0. The largest absolute Gasteiger partial charge is 0.478 e. The fourth-order valence-corrected chi connectivity index (χ4v) is 2.75. The first-order chi connectivity index (χ1) is 12.5. The summed E-state index contributed by atoms with van der Waals surface area (Å²) in [5.74, 6) is -1.45. The second-order valence-corrected chi connectivity index (χ2v) is 6.10. The maximum atomic E-state index is 12.4. The van der Waals surface area contributed by atoms with Crippen LogP contribution in [0.15, 0.2) is 67.0 Å². The van der Waals surface area contributed by atoms with Crippen LogP contribution in [0.5, 0.6) is 0 Å². The number of hydrogen-bond donors (Lipinski definition) is 2. The lowest BCUT2D eigenvalue weighted by atomic mass is 10.0. The molecule has 2 aromatic carbocycles. The third-order valence-electron chi connectivity index (χ3n) is 3.77. The van der Waals surface area contributed by atoms with Gasteiger partial charge in [-0.2, -0.15) is 0 Å². The maximum Gasteiger partial charge on any atom is 0.337 e. The number of carboxylic acid groups (broad SMARTS) is 1. The van der Waals surface area contributed by atoms with Crippen LogP contribution in [0.1, 0.15) is 15.9 Å². The minimum atomic E-state index is -1.13. The Morgan fingerprint density at radius 2 is 1.85 bits per heavy atom. The molecule has 26 heavy (non-hydrogen) atoms. The van der Waals surface area contributed by atoms with Gasteiger partial charge < -0.3 is 10.4 Å². The number of carbonyl (C=O) groups excluding carboxylic acids is 1. The summed E-state index contributed by atoms with van der Waals surface area (Å²) in [5, 5.41) is 12.2. The number of halogens is 1. The van der Waals surface area contributed by atoms with Crippen molar-refractivity contribution in [1.82, 2.24) is 4.98 Å². The van der Waals surface area contributed by atoms with Crippen molar-refractivity contribution in [2.45, 2.75) is 6.42 Å². The Morgan fingerprint density at radius 3 is 2.58 bits per heavy atom. The average Bonchev–Trinajstić information content (AvgIpc) is 2.62. The van der Waals surface area contributed by atoms with Gasteiger partial charge in [-0.3, -0.25) is 9.78 Å². The highest BCUT2D eigenvalue weighted by molar-refractivity contribution is 6.31. The highest BCUT2D eigenvalue weighted by Gasteiger charge is 2.13. The third-order valence-corrected chi connectivity index (χ3v) is 4.01. The van der Waals surface area contributed by atoms with E-state index in [1.165, 1.54) is 18.2 Å². The van der Waals surface area contributed by atoms with E-state index in [1.54, 1.807) is 12.4 Å². The van der Waals surface area contributed by atoms with Crippen LogP contribution in [-0.4, -0.2) is 22.0 Å². The number of carboxylic acids is 1. The molecule has 0 aliphatic carbocycles. The molecule has 3 rings (SSSR count). The lowest BCUT2D eigenvalue weighted by molar-refractivity contribution is -0.115. The number of carbonyl (C=O) groups is 2. The lowest BCUT2D eigenvalue weighted by Gasteiger charge is -2.10. The van der Waals surface area contributed by atoms with Crippen LogP contribution >= 0.6 is 11.6 Å². The van der Waals surface area contributed by atoms with Gasteiger partial charge in [0.05, 0.1) is 17.7 Å². The Labute approximate surface area is 155 Å². The zero-order chi connectivity index (χ0) is 18.5. The number of hydrogen-bond acceptors (Lipinski definition) is 3. The normalized spacial score (nSPS) is 10.3. The van der Waals surface area contributed by atoms with Gasteiger partial charge in [0.15, 0.2) is 0 Å². The van der Waals surface area contributed by atoms with Gasteiger partial charge in [0, 0.05) is 17.4 Å². The van der Waals surface area contributed by atoms with E-state index >= 15 is 0 Å². The summed E-state index contributed by atoms with van der Waals surface area (Å²) >= 11 is 5.90. The molecule has 0 saturated heterocycles. The molecular formula is C20H15ClN2O3. The van der Waals surface area contributed by atoms with Crippen LogP contribution in [-0.2, 0) is 11.2 Å². The number of benzene rings is 2. The zero-order valence-electron chi connectivity index (χ0n) is 13.6. The number of aromatic nitrogens is 1. The van der Waals surface area contributed by atoms with E-state index in [0.29, 0.717) is 5.02 Å². The fourth-order valence-electron chi connectivity index (χ4n) is 2.58. The smallest absolute Gasteiger partial charge is 0.337 e. The minimum Gasteiger partial charge on any atom is -0.478 e. The number of nitrogens with one attached hydrogen (secondary N) is 1. The number of pyridine rings is 1. The standard InChI is InChI=1S/C20H15ClN2O3/c21-16-6-7-17(20(25)26)18(11-16)23-19(24)10-13-3-1-4-14(9-13)15-5-2-8-22-12-15/h1-9,11-12H,10H2,(H,23,24)(H,25,26). The fraction of sp³-hybridized carbons (Fsp3) is 0.0500. The highest BCUT2D eigenvalue weighted by Crippen LogP contribution is 2.22. The average molecular weight is 367 g/mol. The molecule has 0 aliphatic rings. The Balaban J connectivity index is 1.77. The van der Waals surface area contributed by atoms with Crippen molar-refractivity contribution in [2.24, 2.45) is 0 Å². The molecule has 0 saturated carbocycles. The van der Waals surface area contributed by atoms with Gasteiger partial charge in [-0.15, -0.1) is 0 Å². The molecule has 5 nitrogen and oxygen atoms in total. The van der Waals surface area contributed by atoms with Crippen LogP contribution < -0.4 is 5.32 Å². The van der Waals surface area contributed by atoms with Crippen LogP contribution in [0.4, 0.5) is 5.69 Å². The van der Waals surface area contributed by atoms with Crippen LogP contribution in [0.3, 0.4) is 0 Å². The van der Waals surface area contributed by atoms with Gasteiger partial charge >= 0.3 is 5.97 Å². The monoisotopic (exact) mass is 366 g/mol. The number of nitrogens with zero attached hydrogens (tertiary/aromatic N) is 1. The Kier molecular flexibility index (Phi) is 5.29. The predicted molar refractivity (Wildman–Crippen MR) is 100 cm³/mol. The van der Waals surface area contributed by atoms with Crippen LogP contribution in [0, 0.1) is 0 Å². The van der Waals surface area contributed by atoms with Gasteiger partial charge in [-0.25, -0.2) is 4.79 Å². The third kappa shape index (κ3) is 4.26. The topological polar surface area (TPSA) is 79.3 Å². The van der Waals surface area contributed by atoms with Crippen molar-refractivity contribution in [2.75, 3.05) is 5.32 Å². The molecule has 0 spiro atoms. The number of anilines is 1. The Morgan fingerprint density at radius 1 is 1.04 bits per heavy atom. The van der Waals surface area contributed by atoms with Crippen molar-refractivity contribution in [3.05, 3.63) is 83.1 Å². The quantitative estimate of drug-likeness (QED) is 0.706. The van der Waals surface area contributed by atoms with Crippen molar-refractivity contribution >= 4 is 29.2 Å². The van der Waals surface area contributed by atoms with E-state index in [9.17, 15) is 14.7 Å². The molecule has 1 amide bonds. The molecule has 0 bridgehead atoms. The molecule has 0 radical (unpaired) electrons. The lowest BCUT2D eigenvalue weighted by Crippen LogP contribution is -2.16. The minimum absolute atomic E-state index is 0.00754. The van der Waals surface area contributed by atoms with Crippen molar-refractivity contribution < 1.29 is 14.7 Å². The second-order valence-electron chi connectivity index (χ2n) is 5.66. The molecular weight excluding hydrogens is 352 g/mol. The summed E-state index contributed by atoms with van der Waals surface area (Å²) in [4.78, 5) is 27.7. The maximum absolute atomic E-state index is 12.4. The highest BCUT2D eigenvalue weighted by atomic mass is 35.5. The van der Waals surface area contributed by atoms with Crippen LogP contribution in [0.2, 0.25) is 5.02 Å². The SMILES string of the molecule is O=C(Cc1cccc(-c2cccnc2)c1)Nc1cc(Cl)ccc1C(=O)O. The summed E-state index contributed by atoms with van der Waals surface area (Å²) in [6.45, 7) is 0. The van der Waals surface area contributed by atoms with E-state index in [4.69, 9.17) is 11.6 Å². The molecule has 2 N–H and O–H groups in total. The summed E-state index contributed by atoms with van der Waals surface area (Å²) < 4.78 is 0. The first kappa shape index (κ1) is 17.6. The molecule has 0 atom stereocenters. The van der Waals surface area contributed by atoms with Crippen molar-refractivity contribution in [3.8, 4) is 11.1 Å². The van der Waals surface area contributed by atoms with Crippen molar-refractivity contribution in [3.63, 3.8) is 0 Å². The van der Waals surface area contributed by atoms with E-state index in [-0.39, 0.29) is 23.6 Å². The molecule has 1 heterocycles. The molecule has 0 fully saturated rings. The molecule has 6 heteroatoms. The zero-order valence-corrected chi connectivity index (χ0v) is 14.4.